The molecule has 0 heterocycles. The smallest absolute Gasteiger partial charge is 0.289 e. The van der Waals surface area contributed by atoms with Crippen molar-refractivity contribution in [2.75, 3.05) is 12.5 Å². The molecule has 1 aliphatic carbocycles. The van der Waals surface area contributed by atoms with Crippen LogP contribution >= 0.6 is 0 Å². The number of nitrogens with zero attached hydrogens (tertiary/aromatic N) is 2. The first-order valence-electron chi connectivity index (χ1n) is 6.11. The summed E-state index contributed by atoms with van der Waals surface area (Å²) in [7, 11) is -2.46. The maximum atomic E-state index is 12.5. The number of hydrazine groups is 1. The third kappa shape index (κ3) is 2.47. The second-order valence-corrected chi connectivity index (χ2v) is 6.66. The van der Waals surface area contributed by atoms with E-state index in [2.05, 4.69) is 5.43 Å². The fraction of sp³-hybridized carbons (Fsp3) is 0.455. The van der Waals surface area contributed by atoms with Gasteiger partial charge in [0, 0.05) is 19.2 Å². The Morgan fingerprint density at radius 2 is 2.10 bits per heavy atom. The first-order valence-corrected chi connectivity index (χ1v) is 7.55. The molecule has 1 fully saturated rings. The summed E-state index contributed by atoms with van der Waals surface area (Å²) in [5, 5.41) is 11.0. The molecular weight excluding hydrogens is 284 g/mol. The van der Waals surface area contributed by atoms with Crippen LogP contribution in [0, 0.1) is 10.1 Å². The Morgan fingerprint density at radius 3 is 2.55 bits per heavy atom. The number of benzene rings is 1. The largest absolute Gasteiger partial charge is 0.324 e. The average molecular weight is 300 g/mol. The van der Waals surface area contributed by atoms with Gasteiger partial charge in [-0.3, -0.25) is 16.0 Å². The van der Waals surface area contributed by atoms with Gasteiger partial charge in [0.1, 0.15) is 0 Å². The second-order valence-electron chi connectivity index (χ2n) is 4.69. The van der Waals surface area contributed by atoms with E-state index in [0.29, 0.717) is 5.69 Å². The van der Waals surface area contributed by atoms with E-state index in [-0.39, 0.29) is 10.9 Å². The molecular formula is C11H16N4O4S. The zero-order valence-electron chi connectivity index (χ0n) is 10.9. The van der Waals surface area contributed by atoms with E-state index in [1.165, 1.54) is 23.5 Å². The molecule has 1 aliphatic rings. The standard InChI is InChI=1S/C11H16N4O4S/c1-14(9-3-2-4-9)20(18,19)11-7-8(13-12)5-6-10(11)15(16)17/h5-7,9,13H,2-4,12H2,1H3. The molecule has 20 heavy (non-hydrogen) atoms. The molecule has 0 spiro atoms. The number of sulfonamides is 1. The van der Waals surface area contributed by atoms with Crippen molar-refractivity contribution < 1.29 is 13.3 Å². The highest BCUT2D eigenvalue weighted by Crippen LogP contribution is 2.33. The number of nitrogens with two attached hydrogens (primary N) is 1. The third-order valence-corrected chi connectivity index (χ3v) is 5.51. The van der Waals surface area contributed by atoms with E-state index in [0.717, 1.165) is 25.3 Å². The van der Waals surface area contributed by atoms with E-state index >= 15 is 0 Å². The van der Waals surface area contributed by atoms with Crippen LogP contribution in [-0.4, -0.2) is 30.7 Å². The topological polar surface area (TPSA) is 119 Å². The van der Waals surface area contributed by atoms with Crippen molar-refractivity contribution >= 4 is 21.4 Å². The molecule has 0 aromatic heterocycles. The van der Waals surface area contributed by atoms with Crippen LogP contribution in [-0.2, 0) is 10.0 Å². The van der Waals surface area contributed by atoms with Gasteiger partial charge < -0.3 is 5.43 Å². The lowest BCUT2D eigenvalue weighted by Crippen LogP contribution is -2.41. The molecule has 1 aromatic carbocycles. The Hall–Kier alpha value is -1.71. The fourth-order valence-electron chi connectivity index (χ4n) is 2.06. The summed E-state index contributed by atoms with van der Waals surface area (Å²) in [6.45, 7) is 0. The highest BCUT2D eigenvalue weighted by molar-refractivity contribution is 7.89. The van der Waals surface area contributed by atoms with E-state index < -0.39 is 20.6 Å². The summed E-state index contributed by atoms with van der Waals surface area (Å²) in [6, 6.07) is 3.59. The third-order valence-electron chi connectivity index (χ3n) is 3.57. The molecule has 0 atom stereocenters. The molecule has 9 heteroatoms. The zero-order chi connectivity index (χ0) is 14.9. The quantitative estimate of drug-likeness (QED) is 0.476. The lowest BCUT2D eigenvalue weighted by Gasteiger charge is -2.33. The van der Waals surface area contributed by atoms with Crippen LogP contribution < -0.4 is 11.3 Å². The summed E-state index contributed by atoms with van der Waals surface area (Å²) in [5.74, 6) is 5.23. The van der Waals surface area contributed by atoms with E-state index in [1.54, 1.807) is 0 Å². The van der Waals surface area contributed by atoms with Gasteiger partial charge in [0.25, 0.3) is 5.69 Å². The van der Waals surface area contributed by atoms with Crippen LogP contribution in [0.4, 0.5) is 11.4 Å². The minimum absolute atomic E-state index is 0.0888. The van der Waals surface area contributed by atoms with Gasteiger partial charge in [0.2, 0.25) is 10.0 Å². The van der Waals surface area contributed by atoms with Crippen molar-refractivity contribution in [3.8, 4) is 0 Å². The zero-order valence-corrected chi connectivity index (χ0v) is 11.8. The molecule has 1 aromatic rings. The summed E-state index contributed by atoms with van der Waals surface area (Å²) < 4.78 is 26.2. The number of nitrogen functional groups attached to an aromatic ring is 1. The first kappa shape index (κ1) is 14.7. The lowest BCUT2D eigenvalue weighted by atomic mass is 9.94. The molecule has 0 saturated heterocycles. The molecule has 3 N–H and O–H groups in total. The van der Waals surface area contributed by atoms with E-state index in [1.807, 2.05) is 0 Å². The fourth-order valence-corrected chi connectivity index (χ4v) is 3.66. The van der Waals surface area contributed by atoms with Gasteiger partial charge in [-0.15, -0.1) is 0 Å². The summed E-state index contributed by atoms with van der Waals surface area (Å²) in [6.07, 6.45) is 2.52. The number of rotatable bonds is 5. The predicted molar refractivity (Wildman–Crippen MR) is 73.5 cm³/mol. The van der Waals surface area contributed by atoms with Crippen molar-refractivity contribution in [1.29, 1.82) is 0 Å². The van der Waals surface area contributed by atoms with E-state index in [4.69, 9.17) is 5.84 Å². The Balaban J connectivity index is 2.50. The molecule has 2 rings (SSSR count). The summed E-state index contributed by atoms with van der Waals surface area (Å²) in [5.41, 5.74) is 2.15. The SMILES string of the molecule is CN(C1CCC1)S(=O)(=O)c1cc(NN)ccc1[N+](=O)[O-]. The van der Waals surface area contributed by atoms with Gasteiger partial charge in [-0.05, 0) is 25.0 Å². The summed E-state index contributed by atoms with van der Waals surface area (Å²) >= 11 is 0. The van der Waals surface area contributed by atoms with Crippen molar-refractivity contribution in [3.05, 3.63) is 28.3 Å². The Labute approximate surface area is 116 Å². The number of hydrogen-bond donors (Lipinski definition) is 2. The maximum absolute atomic E-state index is 12.5. The number of hydrogen-bond acceptors (Lipinski definition) is 6. The Kier molecular flexibility index (Phi) is 3.93. The van der Waals surface area contributed by atoms with Crippen LogP contribution in [0.25, 0.3) is 0 Å². The number of anilines is 1. The van der Waals surface area contributed by atoms with Crippen molar-refractivity contribution in [2.45, 2.75) is 30.2 Å². The minimum Gasteiger partial charge on any atom is -0.324 e. The average Bonchev–Trinajstić information content (AvgIpc) is 2.35. The second kappa shape index (κ2) is 5.35. The molecule has 0 aliphatic heterocycles. The predicted octanol–water partition coefficient (Wildman–Crippen LogP) is 1.05. The number of nitrogens with one attached hydrogen (secondary N) is 1. The maximum Gasteiger partial charge on any atom is 0.289 e. The van der Waals surface area contributed by atoms with Crippen LogP contribution in [0.2, 0.25) is 0 Å². The minimum atomic E-state index is -3.91. The highest BCUT2D eigenvalue weighted by atomic mass is 32.2. The summed E-state index contributed by atoms with van der Waals surface area (Å²) in [4.78, 5) is 9.97. The van der Waals surface area contributed by atoms with Gasteiger partial charge in [-0.2, -0.15) is 4.31 Å². The molecule has 0 bridgehead atoms. The molecule has 0 radical (unpaired) electrons. The molecule has 0 amide bonds. The lowest BCUT2D eigenvalue weighted by molar-refractivity contribution is -0.387. The molecule has 8 nitrogen and oxygen atoms in total. The van der Waals surface area contributed by atoms with Gasteiger partial charge >= 0.3 is 0 Å². The molecule has 110 valence electrons. The van der Waals surface area contributed by atoms with Crippen LogP contribution in [0.1, 0.15) is 19.3 Å². The number of nitro benzene ring substituents is 1. The number of nitro groups is 1. The monoisotopic (exact) mass is 300 g/mol. The highest BCUT2D eigenvalue weighted by Gasteiger charge is 2.36. The molecule has 1 saturated carbocycles. The Bertz CT molecular complexity index is 627. The van der Waals surface area contributed by atoms with Crippen LogP contribution in [0.5, 0.6) is 0 Å². The molecule has 0 unspecified atom stereocenters. The van der Waals surface area contributed by atoms with Gasteiger partial charge in [-0.1, -0.05) is 6.42 Å². The van der Waals surface area contributed by atoms with Crippen molar-refractivity contribution in [3.63, 3.8) is 0 Å². The van der Waals surface area contributed by atoms with Gasteiger partial charge in [0.15, 0.2) is 4.90 Å². The van der Waals surface area contributed by atoms with Crippen LogP contribution in [0.3, 0.4) is 0 Å². The Morgan fingerprint density at radius 1 is 1.45 bits per heavy atom. The van der Waals surface area contributed by atoms with Crippen molar-refractivity contribution in [2.24, 2.45) is 5.84 Å². The van der Waals surface area contributed by atoms with E-state index in [9.17, 15) is 18.5 Å². The first-order chi connectivity index (χ1) is 9.37. The van der Waals surface area contributed by atoms with Gasteiger partial charge in [-0.25, -0.2) is 8.42 Å². The van der Waals surface area contributed by atoms with Crippen molar-refractivity contribution in [1.82, 2.24) is 4.31 Å². The van der Waals surface area contributed by atoms with Gasteiger partial charge in [0.05, 0.1) is 10.6 Å². The normalized spacial score (nSPS) is 15.9. The van der Waals surface area contributed by atoms with Crippen LogP contribution in [0.15, 0.2) is 23.1 Å².